The van der Waals surface area contributed by atoms with Crippen molar-refractivity contribution in [2.45, 2.75) is 39.3 Å². The van der Waals surface area contributed by atoms with E-state index < -0.39 is 11.9 Å². The molecule has 1 aromatic carbocycles. The second-order valence-electron chi connectivity index (χ2n) is 5.38. The van der Waals surface area contributed by atoms with Crippen LogP contribution in [0.4, 0.5) is 18.9 Å². The average Bonchev–Trinajstić information content (AvgIpc) is 2.42. The van der Waals surface area contributed by atoms with Crippen LogP contribution < -0.4 is 5.32 Å². The maximum Gasteiger partial charge on any atom is 0.433 e. The Hall–Kier alpha value is -1.78. The van der Waals surface area contributed by atoms with Crippen molar-refractivity contribution in [2.75, 3.05) is 11.9 Å². The minimum absolute atomic E-state index is 0.115. The van der Waals surface area contributed by atoms with Gasteiger partial charge in [0.05, 0.1) is 5.52 Å². The van der Waals surface area contributed by atoms with Crippen molar-refractivity contribution < 1.29 is 13.2 Å². The lowest BCUT2D eigenvalue weighted by atomic mass is 9.98. The van der Waals surface area contributed by atoms with E-state index in [9.17, 15) is 13.2 Å². The smallest absolute Gasteiger partial charge is 0.384 e. The molecule has 0 saturated carbocycles. The first-order chi connectivity index (χ1) is 9.84. The van der Waals surface area contributed by atoms with Gasteiger partial charge in [-0.1, -0.05) is 39.0 Å². The van der Waals surface area contributed by atoms with Crippen LogP contribution in [0.25, 0.3) is 10.9 Å². The first-order valence-electron chi connectivity index (χ1n) is 7.09. The van der Waals surface area contributed by atoms with Crippen molar-refractivity contribution in [3.05, 3.63) is 35.5 Å². The second kappa shape index (κ2) is 5.92. The van der Waals surface area contributed by atoms with Crippen LogP contribution in [0.5, 0.6) is 0 Å². The molecule has 2 nitrogen and oxygen atoms in total. The predicted octanol–water partition coefficient (Wildman–Crippen LogP) is 5.20. The van der Waals surface area contributed by atoms with Gasteiger partial charge in [-0.15, -0.1) is 0 Å². The molecule has 1 heterocycles. The van der Waals surface area contributed by atoms with Crippen molar-refractivity contribution in [3.8, 4) is 0 Å². The predicted molar refractivity (Wildman–Crippen MR) is 79.6 cm³/mol. The fourth-order valence-corrected chi connectivity index (χ4v) is 2.29. The number of alkyl halides is 3. The monoisotopic (exact) mass is 296 g/mol. The Labute approximate surface area is 122 Å². The van der Waals surface area contributed by atoms with Gasteiger partial charge in [0.25, 0.3) is 0 Å². The van der Waals surface area contributed by atoms with Gasteiger partial charge in [0, 0.05) is 17.6 Å². The Kier molecular flexibility index (Phi) is 4.40. The fourth-order valence-electron chi connectivity index (χ4n) is 2.29. The highest BCUT2D eigenvalue weighted by Gasteiger charge is 2.33. The van der Waals surface area contributed by atoms with Crippen LogP contribution in [0.3, 0.4) is 0 Å². The van der Waals surface area contributed by atoms with Crippen LogP contribution in [0.2, 0.25) is 0 Å². The summed E-state index contributed by atoms with van der Waals surface area (Å²) >= 11 is 0. The molecule has 1 N–H and O–H groups in total. The largest absolute Gasteiger partial charge is 0.433 e. The summed E-state index contributed by atoms with van der Waals surface area (Å²) in [5.74, 6) is 0.115. The third-order valence-corrected chi connectivity index (χ3v) is 3.35. The van der Waals surface area contributed by atoms with Gasteiger partial charge in [0.15, 0.2) is 0 Å². The summed E-state index contributed by atoms with van der Waals surface area (Å²) < 4.78 is 39.2. The van der Waals surface area contributed by atoms with Crippen molar-refractivity contribution >= 4 is 16.6 Å². The van der Waals surface area contributed by atoms with E-state index in [2.05, 4.69) is 10.3 Å². The van der Waals surface area contributed by atoms with E-state index >= 15 is 0 Å². The summed E-state index contributed by atoms with van der Waals surface area (Å²) in [7, 11) is 0. The van der Waals surface area contributed by atoms with Gasteiger partial charge in [0.2, 0.25) is 0 Å². The number of halogens is 3. The number of benzene rings is 1. The lowest BCUT2D eigenvalue weighted by molar-refractivity contribution is -0.140. The molecular formula is C16H19F3N2. The molecule has 0 fully saturated rings. The molecule has 0 aliphatic carbocycles. The highest BCUT2D eigenvalue weighted by atomic mass is 19.4. The number of aromatic nitrogens is 1. The molecule has 0 aliphatic rings. The normalized spacial score (nSPS) is 12.1. The molecule has 0 bridgehead atoms. The van der Waals surface area contributed by atoms with Gasteiger partial charge in [0.1, 0.15) is 5.69 Å². The summed E-state index contributed by atoms with van der Waals surface area (Å²) in [6, 6.07) is 6.61. The van der Waals surface area contributed by atoms with Crippen molar-refractivity contribution in [2.24, 2.45) is 0 Å². The van der Waals surface area contributed by atoms with E-state index in [-0.39, 0.29) is 5.92 Å². The number of hydrogen-bond acceptors (Lipinski definition) is 2. The number of rotatable bonds is 4. The number of pyridine rings is 1. The molecule has 0 aliphatic heterocycles. The molecule has 0 spiro atoms. The third-order valence-electron chi connectivity index (χ3n) is 3.35. The zero-order valence-electron chi connectivity index (χ0n) is 12.4. The first kappa shape index (κ1) is 15.6. The van der Waals surface area contributed by atoms with E-state index in [0.717, 1.165) is 23.4 Å². The number of anilines is 1. The van der Waals surface area contributed by atoms with Crippen LogP contribution in [-0.4, -0.2) is 11.5 Å². The van der Waals surface area contributed by atoms with Crippen molar-refractivity contribution in [3.63, 3.8) is 0 Å². The summed E-state index contributed by atoms with van der Waals surface area (Å²) in [5, 5.41) is 3.81. The molecule has 0 amide bonds. The summed E-state index contributed by atoms with van der Waals surface area (Å²) in [6.07, 6.45) is -3.60. The van der Waals surface area contributed by atoms with Crippen LogP contribution in [-0.2, 0) is 6.18 Å². The van der Waals surface area contributed by atoms with E-state index in [1.165, 1.54) is 0 Å². The SMILES string of the molecule is CCCNc1cc(C(F)(F)F)nc2c(C(C)C)cccc12. The van der Waals surface area contributed by atoms with Crippen LogP contribution in [0.15, 0.2) is 24.3 Å². The molecule has 5 heteroatoms. The van der Waals surface area contributed by atoms with E-state index in [4.69, 9.17) is 0 Å². The van der Waals surface area contributed by atoms with Gasteiger partial charge in [-0.05, 0) is 24.0 Å². The Morgan fingerprint density at radius 1 is 1.24 bits per heavy atom. The molecule has 2 aromatic rings. The standard InChI is InChI=1S/C16H19F3N2/c1-4-8-20-13-9-14(16(17,18)19)21-15-11(10(2)3)6-5-7-12(13)15/h5-7,9-10H,4,8H2,1-3H3,(H,20,21). The minimum Gasteiger partial charge on any atom is -0.384 e. The van der Waals surface area contributed by atoms with Gasteiger partial charge < -0.3 is 5.32 Å². The van der Waals surface area contributed by atoms with E-state index in [1.54, 1.807) is 0 Å². The summed E-state index contributed by atoms with van der Waals surface area (Å²) in [5.41, 5.74) is 0.914. The summed E-state index contributed by atoms with van der Waals surface area (Å²) in [4.78, 5) is 3.87. The van der Waals surface area contributed by atoms with Crippen LogP contribution in [0.1, 0.15) is 44.4 Å². The maximum atomic E-state index is 13.1. The molecule has 0 atom stereocenters. The molecule has 0 radical (unpaired) electrons. The quantitative estimate of drug-likeness (QED) is 0.839. The lowest BCUT2D eigenvalue weighted by Gasteiger charge is -2.16. The number of hydrogen-bond donors (Lipinski definition) is 1. The highest BCUT2D eigenvalue weighted by molar-refractivity contribution is 5.93. The topological polar surface area (TPSA) is 24.9 Å². The number of para-hydroxylation sites is 1. The number of fused-ring (bicyclic) bond motifs is 1. The molecule has 0 saturated heterocycles. The zero-order chi connectivity index (χ0) is 15.6. The molecule has 21 heavy (non-hydrogen) atoms. The van der Waals surface area contributed by atoms with Gasteiger partial charge >= 0.3 is 6.18 Å². The zero-order valence-corrected chi connectivity index (χ0v) is 12.4. The highest BCUT2D eigenvalue weighted by Crippen LogP contribution is 2.35. The average molecular weight is 296 g/mol. The maximum absolute atomic E-state index is 13.1. The first-order valence-corrected chi connectivity index (χ1v) is 7.09. The number of nitrogens with one attached hydrogen (secondary N) is 1. The van der Waals surface area contributed by atoms with Crippen molar-refractivity contribution in [1.29, 1.82) is 0 Å². The van der Waals surface area contributed by atoms with Gasteiger partial charge in [-0.25, -0.2) is 4.98 Å². The lowest BCUT2D eigenvalue weighted by Crippen LogP contribution is -2.11. The Bertz CT molecular complexity index is 633. The molecule has 2 rings (SSSR count). The fraction of sp³-hybridized carbons (Fsp3) is 0.438. The third kappa shape index (κ3) is 3.28. The van der Waals surface area contributed by atoms with Gasteiger partial charge in [-0.3, -0.25) is 0 Å². The van der Waals surface area contributed by atoms with Crippen LogP contribution >= 0.6 is 0 Å². The van der Waals surface area contributed by atoms with Crippen LogP contribution in [0, 0.1) is 0 Å². The molecule has 1 aromatic heterocycles. The van der Waals surface area contributed by atoms with E-state index in [0.29, 0.717) is 17.7 Å². The molecular weight excluding hydrogens is 277 g/mol. The second-order valence-corrected chi connectivity index (χ2v) is 5.38. The Morgan fingerprint density at radius 3 is 2.52 bits per heavy atom. The van der Waals surface area contributed by atoms with Gasteiger partial charge in [-0.2, -0.15) is 13.2 Å². The molecule has 114 valence electrons. The summed E-state index contributed by atoms with van der Waals surface area (Å²) in [6.45, 7) is 6.51. The minimum atomic E-state index is -4.44. The number of nitrogens with zero attached hydrogens (tertiary/aromatic N) is 1. The Balaban J connectivity index is 2.71. The van der Waals surface area contributed by atoms with Crippen molar-refractivity contribution in [1.82, 2.24) is 4.98 Å². The Morgan fingerprint density at radius 2 is 1.95 bits per heavy atom. The van der Waals surface area contributed by atoms with E-state index in [1.807, 2.05) is 39.0 Å². The molecule has 0 unspecified atom stereocenters.